The van der Waals surface area contributed by atoms with Crippen molar-refractivity contribution in [3.63, 3.8) is 0 Å². The second-order valence-corrected chi connectivity index (χ2v) is 15.9. The normalized spacial score (nSPS) is 11.8. The number of hydrogen-bond acceptors (Lipinski definition) is 5. The number of hydrogen-bond donors (Lipinski definition) is 0. The largest absolute Gasteiger partial charge is 0.456 e. The molecule has 0 unspecified atom stereocenters. The summed E-state index contributed by atoms with van der Waals surface area (Å²) in [6, 6.07) is 71.6. The highest BCUT2D eigenvalue weighted by Gasteiger charge is 2.20. The van der Waals surface area contributed by atoms with Gasteiger partial charge in [-0.1, -0.05) is 152 Å². The first-order chi connectivity index (χ1) is 31.2. The third-order valence-electron chi connectivity index (χ3n) is 12.3. The van der Waals surface area contributed by atoms with Crippen molar-refractivity contribution < 1.29 is 8.83 Å². The summed E-state index contributed by atoms with van der Waals surface area (Å²) in [4.78, 5) is 15.1. The van der Waals surface area contributed by atoms with Crippen LogP contribution in [0.4, 0.5) is 0 Å². The Morgan fingerprint density at radius 1 is 0.317 bits per heavy atom. The first-order valence-corrected chi connectivity index (χ1v) is 21.1. The van der Waals surface area contributed by atoms with Crippen molar-refractivity contribution in [1.29, 1.82) is 0 Å². The summed E-state index contributed by atoms with van der Waals surface area (Å²) >= 11 is 0. The molecule has 4 heterocycles. The zero-order valence-corrected chi connectivity index (χ0v) is 33.7. The number of rotatable bonds is 6. The van der Waals surface area contributed by atoms with Crippen LogP contribution in [0.5, 0.6) is 0 Å². The average molecular weight is 807 g/mol. The van der Waals surface area contributed by atoms with Crippen LogP contribution in [0.3, 0.4) is 0 Å². The minimum atomic E-state index is 0.593. The van der Waals surface area contributed by atoms with Gasteiger partial charge in [0.05, 0.1) is 11.0 Å². The molecule has 0 saturated heterocycles. The SMILES string of the molecule is c1ccc(-c2nc(-c3ccccc3)nc(-c3cccc4oc5ccc(-c6ccc7c(c6)c6ccccc6n7-c6ccc(-c7cccc8c7oc7ccccc78)cc6)cc5c34)n2)cc1. The molecule has 0 radical (unpaired) electrons. The Balaban J connectivity index is 0.921. The molecule has 0 spiro atoms. The Labute approximate surface area is 361 Å². The van der Waals surface area contributed by atoms with Gasteiger partial charge < -0.3 is 13.4 Å². The fraction of sp³-hybridized carbons (Fsp3) is 0. The summed E-state index contributed by atoms with van der Waals surface area (Å²) in [5.41, 5.74) is 13.9. The Morgan fingerprint density at radius 3 is 1.65 bits per heavy atom. The molecule has 0 aliphatic carbocycles. The summed E-state index contributed by atoms with van der Waals surface area (Å²) in [5.74, 6) is 1.83. The van der Waals surface area contributed by atoms with Crippen LogP contribution < -0.4 is 0 Å². The van der Waals surface area contributed by atoms with Crippen molar-refractivity contribution in [2.24, 2.45) is 0 Å². The molecule has 0 amide bonds. The molecule has 13 aromatic rings. The molecule has 0 bridgehead atoms. The fourth-order valence-electron chi connectivity index (χ4n) is 9.32. The fourth-order valence-corrected chi connectivity index (χ4v) is 9.32. The Bertz CT molecular complexity index is 3840. The first kappa shape index (κ1) is 35.2. The smallest absolute Gasteiger partial charge is 0.164 e. The first-order valence-electron chi connectivity index (χ1n) is 21.1. The molecular formula is C57H34N4O2. The standard InChI is InChI=1S/C57H34N4O2/c1-3-13-36(14-4-1)55-58-56(37-15-5-2-6-16-37)60-57(59-55)45-21-12-24-52-53(45)47-34-39(28-32-51(47)62-52)38-27-31-49-46(33-38)42-17-7-9-22-48(42)61(49)40-29-25-35(26-30-40)41-19-11-20-44-43-18-8-10-23-50(43)63-54(41)44/h1-34H. The van der Waals surface area contributed by atoms with Gasteiger partial charge in [-0.25, -0.2) is 15.0 Å². The predicted molar refractivity (Wildman–Crippen MR) is 256 cm³/mol. The maximum Gasteiger partial charge on any atom is 0.164 e. The zero-order chi connectivity index (χ0) is 41.4. The van der Waals surface area contributed by atoms with Crippen molar-refractivity contribution in [2.45, 2.75) is 0 Å². The lowest BCUT2D eigenvalue weighted by Gasteiger charge is -2.10. The molecule has 0 fully saturated rings. The van der Waals surface area contributed by atoms with Crippen LogP contribution in [0.2, 0.25) is 0 Å². The van der Waals surface area contributed by atoms with Crippen LogP contribution in [-0.4, -0.2) is 19.5 Å². The van der Waals surface area contributed by atoms with E-state index >= 15 is 0 Å². The number of furan rings is 2. The third kappa shape index (κ3) is 5.69. The number of nitrogens with zero attached hydrogens (tertiary/aromatic N) is 4. The van der Waals surface area contributed by atoms with E-state index in [1.165, 1.54) is 10.8 Å². The minimum Gasteiger partial charge on any atom is -0.456 e. The lowest BCUT2D eigenvalue weighted by molar-refractivity contribution is 0.669. The van der Waals surface area contributed by atoms with E-state index in [2.05, 4.69) is 126 Å². The van der Waals surface area contributed by atoms with E-state index in [0.29, 0.717) is 17.5 Å². The van der Waals surface area contributed by atoms with Gasteiger partial charge in [0.15, 0.2) is 17.5 Å². The van der Waals surface area contributed by atoms with Gasteiger partial charge in [0.2, 0.25) is 0 Å². The van der Waals surface area contributed by atoms with Crippen LogP contribution in [0.25, 0.3) is 128 Å². The highest BCUT2D eigenvalue weighted by atomic mass is 16.3. The molecule has 9 aromatic carbocycles. The number of fused-ring (bicyclic) bond motifs is 9. The van der Waals surface area contributed by atoms with E-state index < -0.39 is 0 Å². The molecule has 0 aliphatic rings. The van der Waals surface area contributed by atoms with Crippen molar-refractivity contribution in [3.05, 3.63) is 206 Å². The summed E-state index contributed by atoms with van der Waals surface area (Å²) < 4.78 is 15.3. The van der Waals surface area contributed by atoms with E-state index in [9.17, 15) is 0 Å². The predicted octanol–water partition coefficient (Wildman–Crippen LogP) is 15.1. The van der Waals surface area contributed by atoms with Crippen LogP contribution in [0.1, 0.15) is 0 Å². The molecule has 63 heavy (non-hydrogen) atoms. The maximum atomic E-state index is 6.51. The summed E-state index contributed by atoms with van der Waals surface area (Å²) in [7, 11) is 0. The molecule has 294 valence electrons. The van der Waals surface area contributed by atoms with Gasteiger partial charge in [0.1, 0.15) is 22.3 Å². The van der Waals surface area contributed by atoms with Gasteiger partial charge in [0, 0.05) is 60.3 Å². The van der Waals surface area contributed by atoms with Crippen molar-refractivity contribution in [3.8, 4) is 62.1 Å². The summed E-state index contributed by atoms with van der Waals surface area (Å²) in [6.07, 6.45) is 0. The molecule has 0 atom stereocenters. The topological polar surface area (TPSA) is 69.9 Å². The van der Waals surface area contributed by atoms with Crippen molar-refractivity contribution in [1.82, 2.24) is 19.5 Å². The van der Waals surface area contributed by atoms with Crippen LogP contribution in [0.15, 0.2) is 215 Å². The lowest BCUT2D eigenvalue weighted by Crippen LogP contribution is -2.00. The van der Waals surface area contributed by atoms with Gasteiger partial charge in [0.25, 0.3) is 0 Å². The van der Waals surface area contributed by atoms with Crippen molar-refractivity contribution >= 4 is 65.7 Å². The number of para-hydroxylation sites is 3. The highest BCUT2D eigenvalue weighted by molar-refractivity contribution is 6.14. The summed E-state index contributed by atoms with van der Waals surface area (Å²) in [6.45, 7) is 0. The quantitative estimate of drug-likeness (QED) is 0.167. The molecule has 13 rings (SSSR count). The van der Waals surface area contributed by atoms with Gasteiger partial charge in [-0.05, 0) is 71.3 Å². The lowest BCUT2D eigenvalue weighted by atomic mass is 9.99. The Morgan fingerprint density at radius 2 is 0.873 bits per heavy atom. The van der Waals surface area contributed by atoms with Gasteiger partial charge >= 0.3 is 0 Å². The van der Waals surface area contributed by atoms with E-state index in [0.717, 1.165) is 99.5 Å². The monoisotopic (exact) mass is 806 g/mol. The number of aromatic nitrogens is 4. The third-order valence-corrected chi connectivity index (χ3v) is 12.3. The Hall–Kier alpha value is -8.61. The molecule has 0 aliphatic heterocycles. The molecule has 6 nitrogen and oxygen atoms in total. The van der Waals surface area contributed by atoms with E-state index in [4.69, 9.17) is 23.8 Å². The van der Waals surface area contributed by atoms with Gasteiger partial charge in [-0.2, -0.15) is 0 Å². The van der Waals surface area contributed by atoms with Gasteiger partial charge in [-0.3, -0.25) is 0 Å². The molecular weight excluding hydrogens is 773 g/mol. The number of benzene rings is 9. The summed E-state index contributed by atoms with van der Waals surface area (Å²) in [5, 5.41) is 6.61. The van der Waals surface area contributed by atoms with E-state index in [-0.39, 0.29) is 0 Å². The van der Waals surface area contributed by atoms with Crippen LogP contribution in [-0.2, 0) is 0 Å². The molecule has 0 N–H and O–H groups in total. The second kappa shape index (κ2) is 14.0. The van der Waals surface area contributed by atoms with Crippen LogP contribution >= 0.6 is 0 Å². The zero-order valence-electron chi connectivity index (χ0n) is 33.7. The van der Waals surface area contributed by atoms with Gasteiger partial charge in [-0.15, -0.1) is 0 Å². The second-order valence-electron chi connectivity index (χ2n) is 15.9. The van der Waals surface area contributed by atoms with E-state index in [1.807, 2.05) is 84.9 Å². The minimum absolute atomic E-state index is 0.593. The van der Waals surface area contributed by atoms with Crippen molar-refractivity contribution in [2.75, 3.05) is 0 Å². The highest BCUT2D eigenvalue weighted by Crippen LogP contribution is 2.41. The average Bonchev–Trinajstić information content (AvgIpc) is 4.04. The molecule has 4 aromatic heterocycles. The van der Waals surface area contributed by atoms with Crippen LogP contribution in [0, 0.1) is 0 Å². The molecule has 6 heteroatoms. The Kier molecular flexibility index (Phi) is 7.80. The van der Waals surface area contributed by atoms with E-state index in [1.54, 1.807) is 0 Å². The molecule has 0 saturated carbocycles. The maximum absolute atomic E-state index is 6.51.